The van der Waals surface area contributed by atoms with E-state index in [0.717, 1.165) is 55.2 Å². The summed E-state index contributed by atoms with van der Waals surface area (Å²) in [6.45, 7) is 6.79. The summed E-state index contributed by atoms with van der Waals surface area (Å²) in [6.07, 6.45) is 5.23. The van der Waals surface area contributed by atoms with Crippen molar-refractivity contribution >= 4 is 29.0 Å². The zero-order valence-electron chi connectivity index (χ0n) is 18.8. The Hall–Kier alpha value is -2.36. The van der Waals surface area contributed by atoms with Gasteiger partial charge >= 0.3 is 6.09 Å². The van der Waals surface area contributed by atoms with Gasteiger partial charge in [-0.15, -0.1) is 11.3 Å². The average molecular weight is 490 g/mol. The van der Waals surface area contributed by atoms with E-state index in [1.54, 1.807) is 6.20 Å². The van der Waals surface area contributed by atoms with E-state index in [4.69, 9.17) is 20.9 Å². The standard InChI is InChI=1S/C23H28ClN5O3S/c1-14(2)28-9-7-16(8-10-28)26-23(30)31-21-12-25-22(15-3-4-15)29(21)13-17-11-18(32-27-17)19-5-6-20(24)33-19/h5-6,11-12,14-16H,3-4,7-10,13H2,1-2H3,(H,26,30). The van der Waals surface area contributed by atoms with Crippen molar-refractivity contribution in [3.05, 3.63) is 40.3 Å². The average Bonchev–Trinajstić information content (AvgIpc) is 3.16. The van der Waals surface area contributed by atoms with Crippen LogP contribution in [-0.4, -0.2) is 50.9 Å². The fourth-order valence-electron chi connectivity index (χ4n) is 4.24. The molecule has 1 N–H and O–H groups in total. The number of nitrogens with zero attached hydrogens (tertiary/aromatic N) is 4. The van der Waals surface area contributed by atoms with Crippen molar-refractivity contribution in [3.8, 4) is 16.5 Å². The molecule has 176 valence electrons. The molecule has 1 saturated heterocycles. The lowest BCUT2D eigenvalue weighted by Gasteiger charge is -2.34. The Kier molecular flexibility index (Phi) is 6.44. The Balaban J connectivity index is 1.26. The summed E-state index contributed by atoms with van der Waals surface area (Å²) in [5.41, 5.74) is 0.737. The highest BCUT2D eigenvalue weighted by atomic mass is 35.5. The predicted octanol–water partition coefficient (Wildman–Crippen LogP) is 5.14. The highest BCUT2D eigenvalue weighted by Crippen LogP contribution is 2.41. The molecule has 4 heterocycles. The summed E-state index contributed by atoms with van der Waals surface area (Å²) >= 11 is 7.48. The van der Waals surface area contributed by atoms with Crippen LogP contribution in [0.1, 0.15) is 57.0 Å². The van der Waals surface area contributed by atoms with Gasteiger partial charge in [0.1, 0.15) is 11.5 Å². The Morgan fingerprint density at radius 2 is 2.09 bits per heavy atom. The number of hydrogen-bond donors (Lipinski definition) is 1. The molecule has 1 aliphatic carbocycles. The van der Waals surface area contributed by atoms with Gasteiger partial charge in [-0.25, -0.2) is 9.78 Å². The summed E-state index contributed by atoms with van der Waals surface area (Å²) in [7, 11) is 0. The Labute approximate surface area is 201 Å². The maximum Gasteiger partial charge on any atom is 0.414 e. The van der Waals surface area contributed by atoms with Gasteiger partial charge in [0.25, 0.3) is 0 Å². The molecule has 8 nitrogen and oxygen atoms in total. The number of likely N-dealkylation sites (tertiary alicyclic amines) is 1. The molecular weight excluding hydrogens is 462 g/mol. The molecule has 0 aromatic carbocycles. The second kappa shape index (κ2) is 9.48. The maximum absolute atomic E-state index is 12.7. The third-order valence-corrected chi connectivity index (χ3v) is 7.51. The van der Waals surface area contributed by atoms with E-state index in [9.17, 15) is 4.79 Å². The number of imidazole rings is 1. The molecule has 0 atom stereocenters. The number of amides is 1. The summed E-state index contributed by atoms with van der Waals surface area (Å²) < 4.78 is 13.9. The molecule has 3 aromatic rings. The summed E-state index contributed by atoms with van der Waals surface area (Å²) in [4.78, 5) is 20.6. The molecule has 1 aliphatic heterocycles. The first-order chi connectivity index (χ1) is 16.0. The molecule has 3 aromatic heterocycles. The summed E-state index contributed by atoms with van der Waals surface area (Å²) in [5, 5.41) is 7.24. The lowest BCUT2D eigenvalue weighted by molar-refractivity contribution is 0.151. The molecule has 1 saturated carbocycles. The van der Waals surface area contributed by atoms with Crippen LogP contribution < -0.4 is 10.1 Å². The van der Waals surface area contributed by atoms with Crippen LogP contribution in [0, 0.1) is 0 Å². The molecule has 10 heteroatoms. The number of carbonyl (C=O) groups is 1. The van der Waals surface area contributed by atoms with Gasteiger partial charge in [-0.05, 0) is 51.7 Å². The normalized spacial score (nSPS) is 17.6. The van der Waals surface area contributed by atoms with E-state index in [1.807, 2.05) is 22.8 Å². The molecule has 0 unspecified atom stereocenters. The van der Waals surface area contributed by atoms with Gasteiger partial charge in [-0.3, -0.25) is 4.57 Å². The van der Waals surface area contributed by atoms with Gasteiger partial charge in [0.2, 0.25) is 5.88 Å². The number of thiophene rings is 1. The smallest absolute Gasteiger partial charge is 0.391 e. The van der Waals surface area contributed by atoms with Crippen molar-refractivity contribution in [1.82, 2.24) is 24.9 Å². The molecule has 2 aliphatic rings. The van der Waals surface area contributed by atoms with Crippen LogP contribution in [0.4, 0.5) is 4.79 Å². The second-order valence-corrected chi connectivity index (χ2v) is 10.8. The topological polar surface area (TPSA) is 85.4 Å². The number of halogens is 1. The van der Waals surface area contributed by atoms with Crippen molar-refractivity contribution < 1.29 is 14.1 Å². The van der Waals surface area contributed by atoms with Crippen molar-refractivity contribution in [1.29, 1.82) is 0 Å². The first-order valence-corrected chi connectivity index (χ1v) is 12.6. The number of ether oxygens (including phenoxy) is 1. The van der Waals surface area contributed by atoms with Crippen LogP contribution in [0.15, 0.2) is 28.9 Å². The Bertz CT molecular complexity index is 1110. The number of nitrogens with one attached hydrogen (secondary N) is 1. The molecule has 33 heavy (non-hydrogen) atoms. The van der Waals surface area contributed by atoms with Gasteiger partial charge in [0.05, 0.1) is 22.0 Å². The van der Waals surface area contributed by atoms with E-state index in [1.165, 1.54) is 11.3 Å². The Morgan fingerprint density at radius 1 is 1.30 bits per heavy atom. The molecule has 1 amide bonds. The molecule has 0 bridgehead atoms. The lowest BCUT2D eigenvalue weighted by Crippen LogP contribution is -2.47. The number of hydrogen-bond acceptors (Lipinski definition) is 7. The van der Waals surface area contributed by atoms with E-state index in [0.29, 0.717) is 34.5 Å². The summed E-state index contributed by atoms with van der Waals surface area (Å²) in [6, 6.07) is 6.30. The first kappa shape index (κ1) is 22.4. The minimum absolute atomic E-state index is 0.127. The van der Waals surface area contributed by atoms with Crippen molar-refractivity contribution in [2.75, 3.05) is 13.1 Å². The van der Waals surface area contributed by atoms with Crippen LogP contribution in [-0.2, 0) is 6.54 Å². The lowest BCUT2D eigenvalue weighted by atomic mass is 10.0. The monoisotopic (exact) mass is 489 g/mol. The zero-order valence-corrected chi connectivity index (χ0v) is 20.4. The van der Waals surface area contributed by atoms with Gasteiger partial charge in [0.15, 0.2) is 5.76 Å². The van der Waals surface area contributed by atoms with Crippen LogP contribution >= 0.6 is 22.9 Å². The maximum atomic E-state index is 12.7. The Morgan fingerprint density at radius 3 is 2.76 bits per heavy atom. The second-order valence-electron chi connectivity index (χ2n) is 9.04. The highest BCUT2D eigenvalue weighted by Gasteiger charge is 2.31. The van der Waals surface area contributed by atoms with Gasteiger partial charge in [-0.2, -0.15) is 0 Å². The third kappa shape index (κ3) is 5.26. The molecular formula is C23H28ClN5O3S. The van der Waals surface area contributed by atoms with Crippen LogP contribution in [0.3, 0.4) is 0 Å². The molecule has 2 fully saturated rings. The largest absolute Gasteiger partial charge is 0.414 e. The molecule has 5 rings (SSSR count). The SMILES string of the molecule is CC(C)N1CCC(NC(=O)Oc2cnc(C3CC3)n2Cc2cc(-c3ccc(Cl)s3)on2)CC1. The van der Waals surface area contributed by atoms with E-state index >= 15 is 0 Å². The molecule has 0 spiro atoms. The number of rotatable bonds is 7. The minimum Gasteiger partial charge on any atom is -0.391 e. The number of piperidine rings is 1. The predicted molar refractivity (Wildman–Crippen MR) is 127 cm³/mol. The number of carbonyl (C=O) groups excluding carboxylic acids is 1. The summed E-state index contributed by atoms with van der Waals surface area (Å²) in [5.74, 6) is 2.42. The minimum atomic E-state index is -0.435. The number of aromatic nitrogens is 3. The van der Waals surface area contributed by atoms with Crippen LogP contribution in [0.2, 0.25) is 4.34 Å². The van der Waals surface area contributed by atoms with Crippen molar-refractivity contribution in [2.45, 2.75) is 64.1 Å². The van der Waals surface area contributed by atoms with Crippen LogP contribution in [0.5, 0.6) is 5.88 Å². The van der Waals surface area contributed by atoms with Gasteiger partial charge < -0.3 is 19.5 Å². The highest BCUT2D eigenvalue weighted by molar-refractivity contribution is 7.19. The van der Waals surface area contributed by atoms with Gasteiger partial charge in [0, 0.05) is 37.2 Å². The van der Waals surface area contributed by atoms with Crippen molar-refractivity contribution in [2.24, 2.45) is 0 Å². The fourth-order valence-corrected chi connectivity index (χ4v) is 5.24. The van der Waals surface area contributed by atoms with E-state index in [-0.39, 0.29) is 6.04 Å². The van der Waals surface area contributed by atoms with Gasteiger partial charge in [-0.1, -0.05) is 16.8 Å². The van der Waals surface area contributed by atoms with E-state index < -0.39 is 6.09 Å². The fraction of sp³-hybridized carbons (Fsp3) is 0.522. The zero-order chi connectivity index (χ0) is 22.9. The molecule has 0 radical (unpaired) electrons. The van der Waals surface area contributed by atoms with Crippen LogP contribution in [0.25, 0.3) is 10.6 Å². The van der Waals surface area contributed by atoms with Crippen molar-refractivity contribution in [3.63, 3.8) is 0 Å². The van der Waals surface area contributed by atoms with E-state index in [2.05, 4.69) is 34.2 Å². The third-order valence-electron chi connectivity index (χ3n) is 6.27. The quantitative estimate of drug-likeness (QED) is 0.494. The first-order valence-electron chi connectivity index (χ1n) is 11.5.